The van der Waals surface area contributed by atoms with Crippen molar-refractivity contribution in [2.75, 3.05) is 12.8 Å². The van der Waals surface area contributed by atoms with E-state index in [1.54, 1.807) is 25.3 Å². The number of rotatable bonds is 2. The molecule has 0 atom stereocenters. The molecule has 1 heterocycles. The second-order valence-corrected chi connectivity index (χ2v) is 3.24. The number of anilines is 1. The Bertz CT molecular complexity index is 484. The summed E-state index contributed by atoms with van der Waals surface area (Å²) in [7, 11) is 1.55. The maximum Gasteiger partial charge on any atom is 0.319 e. The second-order valence-electron chi connectivity index (χ2n) is 2.80. The van der Waals surface area contributed by atoms with Crippen LogP contribution in [0, 0.1) is 0 Å². The summed E-state index contributed by atoms with van der Waals surface area (Å²) in [5, 5.41) is 4.25. The third-order valence-electron chi connectivity index (χ3n) is 1.84. The molecule has 2 N–H and O–H groups in total. The van der Waals surface area contributed by atoms with Gasteiger partial charge in [-0.1, -0.05) is 16.8 Å². The molecular formula is C9H8ClN3O2. The fourth-order valence-corrected chi connectivity index (χ4v) is 1.37. The van der Waals surface area contributed by atoms with Crippen LogP contribution < -0.4 is 10.5 Å². The summed E-state index contributed by atoms with van der Waals surface area (Å²) in [6.07, 6.45) is 0. The molecule has 0 aliphatic rings. The van der Waals surface area contributed by atoms with Crippen molar-refractivity contribution in [2.24, 2.45) is 0 Å². The zero-order valence-corrected chi connectivity index (χ0v) is 8.65. The Morgan fingerprint density at radius 1 is 1.47 bits per heavy atom. The predicted molar refractivity (Wildman–Crippen MR) is 55.7 cm³/mol. The number of hydrogen-bond donors (Lipinski definition) is 1. The van der Waals surface area contributed by atoms with Crippen molar-refractivity contribution in [3.8, 4) is 17.1 Å². The highest BCUT2D eigenvalue weighted by molar-refractivity contribution is 6.30. The third-order valence-corrected chi connectivity index (χ3v) is 2.08. The quantitative estimate of drug-likeness (QED) is 0.846. The van der Waals surface area contributed by atoms with E-state index in [-0.39, 0.29) is 6.01 Å². The monoisotopic (exact) mass is 225 g/mol. The Hall–Kier alpha value is -1.75. The van der Waals surface area contributed by atoms with Crippen LogP contribution in [0.3, 0.4) is 0 Å². The second kappa shape index (κ2) is 3.78. The number of nitrogens with zero attached hydrogens (tertiary/aromatic N) is 2. The van der Waals surface area contributed by atoms with Gasteiger partial charge in [-0.05, 0) is 18.2 Å². The number of hydrogen-bond acceptors (Lipinski definition) is 5. The zero-order valence-electron chi connectivity index (χ0n) is 7.90. The molecule has 1 aromatic heterocycles. The Morgan fingerprint density at radius 3 is 2.87 bits per heavy atom. The van der Waals surface area contributed by atoms with Gasteiger partial charge in [-0.25, -0.2) is 0 Å². The lowest BCUT2D eigenvalue weighted by molar-refractivity contribution is 0.414. The molecule has 0 aliphatic heterocycles. The summed E-state index contributed by atoms with van der Waals surface area (Å²) < 4.78 is 9.82. The van der Waals surface area contributed by atoms with Crippen LogP contribution in [0.2, 0.25) is 5.02 Å². The molecule has 2 rings (SSSR count). The average Bonchev–Trinajstić information content (AvgIpc) is 2.65. The van der Waals surface area contributed by atoms with E-state index >= 15 is 0 Å². The molecule has 0 unspecified atom stereocenters. The van der Waals surface area contributed by atoms with Gasteiger partial charge < -0.3 is 15.0 Å². The SMILES string of the molecule is COc1ccc(Cl)cc1-c1noc(N)n1. The van der Waals surface area contributed by atoms with Gasteiger partial charge in [0.2, 0.25) is 5.82 Å². The number of nitrogens with two attached hydrogens (primary N) is 1. The molecule has 0 amide bonds. The topological polar surface area (TPSA) is 74.2 Å². The minimum atomic E-state index is 0.00651. The first-order chi connectivity index (χ1) is 7.20. The highest BCUT2D eigenvalue weighted by Crippen LogP contribution is 2.30. The molecule has 0 saturated heterocycles. The summed E-state index contributed by atoms with van der Waals surface area (Å²) in [5.74, 6) is 0.965. The molecule has 0 aliphatic carbocycles. The molecule has 0 radical (unpaired) electrons. The molecule has 0 saturated carbocycles. The van der Waals surface area contributed by atoms with Crippen LogP contribution in [0.25, 0.3) is 11.4 Å². The molecule has 0 bridgehead atoms. The fourth-order valence-electron chi connectivity index (χ4n) is 1.20. The number of benzene rings is 1. The number of nitrogen functional groups attached to an aromatic ring is 1. The fraction of sp³-hybridized carbons (Fsp3) is 0.111. The van der Waals surface area contributed by atoms with Gasteiger partial charge in [-0.2, -0.15) is 4.98 Å². The van der Waals surface area contributed by atoms with Gasteiger partial charge in [0, 0.05) is 5.02 Å². The lowest BCUT2D eigenvalue weighted by atomic mass is 10.2. The van der Waals surface area contributed by atoms with Crippen molar-refractivity contribution in [1.82, 2.24) is 10.1 Å². The van der Waals surface area contributed by atoms with Crippen LogP contribution in [0.4, 0.5) is 6.01 Å². The highest BCUT2D eigenvalue weighted by atomic mass is 35.5. The van der Waals surface area contributed by atoms with Crippen LogP contribution in [0.15, 0.2) is 22.7 Å². The minimum absolute atomic E-state index is 0.00651. The normalized spacial score (nSPS) is 10.3. The van der Waals surface area contributed by atoms with Crippen molar-refractivity contribution in [1.29, 1.82) is 0 Å². The molecule has 0 spiro atoms. The molecular weight excluding hydrogens is 218 g/mol. The van der Waals surface area contributed by atoms with Crippen LogP contribution in [-0.4, -0.2) is 17.3 Å². The molecule has 15 heavy (non-hydrogen) atoms. The van der Waals surface area contributed by atoms with Gasteiger partial charge >= 0.3 is 6.01 Å². The van der Waals surface area contributed by atoms with Gasteiger partial charge in [0.25, 0.3) is 0 Å². The number of methoxy groups -OCH3 is 1. The van der Waals surface area contributed by atoms with Crippen LogP contribution in [-0.2, 0) is 0 Å². The van der Waals surface area contributed by atoms with E-state index in [4.69, 9.17) is 22.1 Å². The summed E-state index contributed by atoms with van der Waals surface area (Å²) >= 11 is 5.86. The smallest absolute Gasteiger partial charge is 0.319 e. The van der Waals surface area contributed by atoms with Crippen molar-refractivity contribution < 1.29 is 9.26 Å². The van der Waals surface area contributed by atoms with E-state index in [1.165, 1.54) is 0 Å². The summed E-state index contributed by atoms with van der Waals surface area (Å²) in [4.78, 5) is 3.89. The average molecular weight is 226 g/mol. The largest absolute Gasteiger partial charge is 0.496 e. The van der Waals surface area contributed by atoms with E-state index in [0.29, 0.717) is 22.2 Å². The first kappa shape index (κ1) is 9.79. The van der Waals surface area contributed by atoms with Crippen LogP contribution >= 0.6 is 11.6 Å². The lowest BCUT2D eigenvalue weighted by Crippen LogP contribution is -1.90. The standard InChI is InChI=1S/C9H8ClN3O2/c1-14-7-3-2-5(10)4-6(7)8-12-9(11)15-13-8/h2-4H,1H3,(H2,11,12,13). The van der Waals surface area contributed by atoms with Crippen molar-refractivity contribution in [3.05, 3.63) is 23.2 Å². The summed E-state index contributed by atoms with van der Waals surface area (Å²) in [6, 6.07) is 5.13. The van der Waals surface area contributed by atoms with Crippen molar-refractivity contribution in [3.63, 3.8) is 0 Å². The molecule has 6 heteroatoms. The Balaban J connectivity index is 2.55. The summed E-state index contributed by atoms with van der Waals surface area (Å²) in [5.41, 5.74) is 5.98. The first-order valence-electron chi connectivity index (χ1n) is 4.14. The van der Waals surface area contributed by atoms with Gasteiger partial charge in [0.15, 0.2) is 0 Å². The van der Waals surface area contributed by atoms with E-state index < -0.39 is 0 Å². The third kappa shape index (κ3) is 1.87. The highest BCUT2D eigenvalue weighted by Gasteiger charge is 2.12. The minimum Gasteiger partial charge on any atom is -0.496 e. The maximum atomic E-state index is 5.86. The first-order valence-corrected chi connectivity index (χ1v) is 4.51. The van der Waals surface area contributed by atoms with Crippen molar-refractivity contribution in [2.45, 2.75) is 0 Å². The molecule has 78 valence electrons. The Labute approximate surface area is 90.8 Å². The van der Waals surface area contributed by atoms with E-state index in [9.17, 15) is 0 Å². The molecule has 1 aromatic carbocycles. The zero-order chi connectivity index (χ0) is 10.8. The van der Waals surface area contributed by atoms with E-state index in [2.05, 4.69) is 14.7 Å². The number of ether oxygens (including phenoxy) is 1. The van der Waals surface area contributed by atoms with Crippen LogP contribution in [0.5, 0.6) is 5.75 Å². The van der Waals surface area contributed by atoms with E-state index in [0.717, 1.165) is 0 Å². The Morgan fingerprint density at radius 2 is 2.27 bits per heavy atom. The summed E-state index contributed by atoms with van der Waals surface area (Å²) in [6.45, 7) is 0. The van der Waals surface area contributed by atoms with Gasteiger partial charge in [-0.15, -0.1) is 0 Å². The molecule has 2 aromatic rings. The molecule has 0 fully saturated rings. The number of halogens is 1. The maximum absolute atomic E-state index is 5.86. The van der Waals surface area contributed by atoms with E-state index in [1.807, 2.05) is 0 Å². The number of aromatic nitrogens is 2. The van der Waals surface area contributed by atoms with Gasteiger partial charge in [0.05, 0.1) is 12.7 Å². The van der Waals surface area contributed by atoms with Crippen LogP contribution in [0.1, 0.15) is 0 Å². The van der Waals surface area contributed by atoms with Crippen molar-refractivity contribution >= 4 is 17.6 Å². The van der Waals surface area contributed by atoms with Gasteiger partial charge in [0.1, 0.15) is 5.75 Å². The lowest BCUT2D eigenvalue weighted by Gasteiger charge is -2.04. The molecule has 5 nitrogen and oxygen atoms in total. The predicted octanol–water partition coefficient (Wildman–Crippen LogP) is 1.98. The van der Waals surface area contributed by atoms with Gasteiger partial charge in [-0.3, -0.25) is 0 Å². The Kier molecular flexibility index (Phi) is 2.47.